The SMILES string of the molecule is CCOC(Cn1sc2cc(Br)ccc2c1=O)OCC. The first kappa shape index (κ1) is 14.7. The predicted molar refractivity (Wildman–Crippen MR) is 80.8 cm³/mol. The van der Waals surface area contributed by atoms with Gasteiger partial charge in [-0.15, -0.1) is 0 Å². The first-order valence-corrected chi connectivity index (χ1v) is 7.75. The summed E-state index contributed by atoms with van der Waals surface area (Å²) in [5, 5.41) is 0.736. The number of rotatable bonds is 6. The van der Waals surface area contributed by atoms with E-state index in [2.05, 4.69) is 15.9 Å². The van der Waals surface area contributed by atoms with Gasteiger partial charge in [0.15, 0.2) is 6.29 Å². The molecule has 1 heterocycles. The molecule has 0 spiro atoms. The standard InChI is InChI=1S/C13H16BrNO3S/c1-3-17-12(18-4-2)8-15-13(16)10-6-5-9(14)7-11(10)19-15/h5-7,12H,3-4,8H2,1-2H3. The average molecular weight is 346 g/mol. The van der Waals surface area contributed by atoms with E-state index in [1.54, 1.807) is 3.96 Å². The van der Waals surface area contributed by atoms with Gasteiger partial charge in [-0.1, -0.05) is 27.5 Å². The Morgan fingerprint density at radius 3 is 2.63 bits per heavy atom. The molecule has 6 heteroatoms. The first-order valence-electron chi connectivity index (χ1n) is 6.18. The number of halogens is 1. The van der Waals surface area contributed by atoms with Crippen LogP contribution < -0.4 is 5.56 Å². The van der Waals surface area contributed by atoms with Crippen molar-refractivity contribution in [3.63, 3.8) is 0 Å². The maximum absolute atomic E-state index is 12.2. The van der Waals surface area contributed by atoms with Crippen molar-refractivity contribution in [3.05, 3.63) is 33.0 Å². The molecule has 0 aliphatic carbocycles. The van der Waals surface area contributed by atoms with Crippen LogP contribution in [0, 0.1) is 0 Å². The van der Waals surface area contributed by atoms with Crippen LogP contribution in [0.1, 0.15) is 13.8 Å². The normalized spacial score (nSPS) is 11.6. The summed E-state index contributed by atoms with van der Waals surface area (Å²) < 4.78 is 14.6. The van der Waals surface area contributed by atoms with Crippen LogP contribution in [-0.2, 0) is 16.0 Å². The molecule has 0 radical (unpaired) electrons. The molecule has 0 fully saturated rings. The summed E-state index contributed by atoms with van der Waals surface area (Å²) in [5.74, 6) is 0. The second-order valence-corrected chi connectivity index (χ2v) is 5.92. The van der Waals surface area contributed by atoms with Crippen LogP contribution in [0.25, 0.3) is 10.1 Å². The van der Waals surface area contributed by atoms with E-state index in [-0.39, 0.29) is 11.8 Å². The predicted octanol–water partition coefficient (Wildman–Crippen LogP) is 3.22. The Kier molecular flexibility index (Phi) is 5.15. The van der Waals surface area contributed by atoms with Gasteiger partial charge in [-0.3, -0.25) is 8.75 Å². The fraction of sp³-hybridized carbons (Fsp3) is 0.462. The van der Waals surface area contributed by atoms with Crippen molar-refractivity contribution >= 4 is 37.5 Å². The van der Waals surface area contributed by atoms with Crippen LogP contribution in [0.2, 0.25) is 0 Å². The topological polar surface area (TPSA) is 40.5 Å². The highest BCUT2D eigenvalue weighted by molar-refractivity contribution is 9.10. The van der Waals surface area contributed by atoms with Crippen molar-refractivity contribution in [2.24, 2.45) is 0 Å². The summed E-state index contributed by atoms with van der Waals surface area (Å²) in [6.07, 6.45) is -0.371. The molecule has 0 amide bonds. The van der Waals surface area contributed by atoms with E-state index in [0.29, 0.717) is 19.8 Å². The zero-order valence-electron chi connectivity index (χ0n) is 10.9. The minimum absolute atomic E-state index is 0.0110. The molecular formula is C13H16BrNO3S. The number of hydrogen-bond acceptors (Lipinski definition) is 4. The lowest BCUT2D eigenvalue weighted by molar-refractivity contribution is -0.142. The third-order valence-electron chi connectivity index (χ3n) is 2.63. The lowest BCUT2D eigenvalue weighted by Crippen LogP contribution is -2.27. The summed E-state index contributed by atoms with van der Waals surface area (Å²) in [4.78, 5) is 12.2. The number of nitrogens with zero attached hydrogens (tertiary/aromatic N) is 1. The molecule has 4 nitrogen and oxygen atoms in total. The smallest absolute Gasteiger partial charge is 0.268 e. The average Bonchev–Trinajstić information content (AvgIpc) is 2.66. The van der Waals surface area contributed by atoms with Gasteiger partial charge in [0.2, 0.25) is 0 Å². The quantitative estimate of drug-likeness (QED) is 0.754. The van der Waals surface area contributed by atoms with Gasteiger partial charge in [-0.05, 0) is 32.0 Å². The molecule has 2 rings (SSSR count). The largest absolute Gasteiger partial charge is 0.351 e. The van der Waals surface area contributed by atoms with Crippen molar-refractivity contribution < 1.29 is 9.47 Å². The second kappa shape index (κ2) is 6.65. The van der Waals surface area contributed by atoms with Gasteiger partial charge in [0.05, 0.1) is 16.6 Å². The third kappa shape index (κ3) is 3.45. The number of benzene rings is 1. The van der Waals surface area contributed by atoms with E-state index in [9.17, 15) is 4.79 Å². The van der Waals surface area contributed by atoms with E-state index in [0.717, 1.165) is 14.6 Å². The van der Waals surface area contributed by atoms with E-state index >= 15 is 0 Å². The summed E-state index contributed by atoms with van der Waals surface area (Å²) in [6.45, 7) is 5.39. The lowest BCUT2D eigenvalue weighted by atomic mass is 10.3. The molecule has 0 aliphatic heterocycles. The zero-order chi connectivity index (χ0) is 13.8. The van der Waals surface area contributed by atoms with Crippen LogP contribution in [0.4, 0.5) is 0 Å². The van der Waals surface area contributed by atoms with Crippen molar-refractivity contribution in [3.8, 4) is 0 Å². The molecule has 0 saturated carbocycles. The minimum atomic E-state index is -0.371. The molecule has 1 aromatic heterocycles. The van der Waals surface area contributed by atoms with E-state index in [4.69, 9.17) is 9.47 Å². The Bertz CT molecular complexity index is 601. The van der Waals surface area contributed by atoms with Gasteiger partial charge < -0.3 is 9.47 Å². The van der Waals surface area contributed by atoms with Gasteiger partial charge in [0.1, 0.15) is 0 Å². The summed E-state index contributed by atoms with van der Waals surface area (Å²) in [5.41, 5.74) is 0.0110. The highest BCUT2D eigenvalue weighted by Crippen LogP contribution is 2.22. The molecule has 0 aliphatic rings. The van der Waals surface area contributed by atoms with E-state index < -0.39 is 0 Å². The number of aromatic nitrogens is 1. The molecule has 0 atom stereocenters. The zero-order valence-corrected chi connectivity index (χ0v) is 13.3. The number of ether oxygens (including phenoxy) is 2. The fourth-order valence-corrected chi connectivity index (χ4v) is 3.38. The monoisotopic (exact) mass is 345 g/mol. The molecule has 104 valence electrons. The van der Waals surface area contributed by atoms with E-state index in [1.807, 2.05) is 32.0 Å². The molecule has 19 heavy (non-hydrogen) atoms. The lowest BCUT2D eigenvalue weighted by Gasteiger charge is -2.16. The Hall–Kier alpha value is -0.690. The number of hydrogen-bond donors (Lipinski definition) is 0. The van der Waals surface area contributed by atoms with Gasteiger partial charge >= 0.3 is 0 Å². The Morgan fingerprint density at radius 1 is 1.32 bits per heavy atom. The Morgan fingerprint density at radius 2 is 2.00 bits per heavy atom. The summed E-state index contributed by atoms with van der Waals surface area (Å²) in [6, 6.07) is 5.67. The summed E-state index contributed by atoms with van der Waals surface area (Å²) >= 11 is 4.85. The summed E-state index contributed by atoms with van der Waals surface area (Å²) in [7, 11) is 0. The minimum Gasteiger partial charge on any atom is -0.351 e. The van der Waals surface area contributed by atoms with Crippen LogP contribution in [0.5, 0.6) is 0 Å². The fourth-order valence-electron chi connectivity index (χ4n) is 1.82. The van der Waals surface area contributed by atoms with E-state index in [1.165, 1.54) is 11.5 Å². The van der Waals surface area contributed by atoms with Gasteiger partial charge in [0, 0.05) is 17.7 Å². The molecule has 2 aromatic rings. The third-order valence-corrected chi connectivity index (χ3v) is 4.19. The van der Waals surface area contributed by atoms with Crippen molar-refractivity contribution in [1.29, 1.82) is 0 Å². The molecular weight excluding hydrogens is 330 g/mol. The first-order chi connectivity index (χ1) is 9.15. The highest BCUT2D eigenvalue weighted by Gasteiger charge is 2.14. The van der Waals surface area contributed by atoms with Crippen molar-refractivity contribution in [1.82, 2.24) is 3.96 Å². The molecule has 1 aromatic carbocycles. The molecule has 0 N–H and O–H groups in total. The molecule has 0 unspecified atom stereocenters. The highest BCUT2D eigenvalue weighted by atomic mass is 79.9. The van der Waals surface area contributed by atoms with Crippen molar-refractivity contribution in [2.45, 2.75) is 26.7 Å². The maximum Gasteiger partial charge on any atom is 0.268 e. The Labute approximate surface area is 124 Å². The molecule has 0 saturated heterocycles. The van der Waals surface area contributed by atoms with Crippen LogP contribution in [0.3, 0.4) is 0 Å². The Balaban J connectivity index is 2.29. The molecule has 0 bridgehead atoms. The van der Waals surface area contributed by atoms with Crippen LogP contribution >= 0.6 is 27.5 Å². The van der Waals surface area contributed by atoms with Gasteiger partial charge in [-0.2, -0.15) is 0 Å². The second-order valence-electron chi connectivity index (χ2n) is 3.94. The van der Waals surface area contributed by atoms with Gasteiger partial charge in [-0.25, -0.2) is 0 Å². The van der Waals surface area contributed by atoms with Crippen LogP contribution in [-0.4, -0.2) is 23.5 Å². The number of fused-ring (bicyclic) bond motifs is 1. The maximum atomic E-state index is 12.2. The van der Waals surface area contributed by atoms with Crippen LogP contribution in [0.15, 0.2) is 27.5 Å². The van der Waals surface area contributed by atoms with Crippen molar-refractivity contribution in [2.75, 3.05) is 13.2 Å². The van der Waals surface area contributed by atoms with Gasteiger partial charge in [0.25, 0.3) is 5.56 Å².